The van der Waals surface area contributed by atoms with E-state index in [0.717, 1.165) is 6.54 Å². The molecule has 0 unspecified atom stereocenters. The van der Waals surface area contributed by atoms with E-state index < -0.39 is 0 Å². The van der Waals surface area contributed by atoms with Crippen molar-refractivity contribution in [2.24, 2.45) is 5.41 Å². The first kappa shape index (κ1) is 17.0. The van der Waals surface area contributed by atoms with Crippen molar-refractivity contribution in [2.45, 2.75) is 72.0 Å². The Morgan fingerprint density at radius 3 is 2.48 bits per heavy atom. The van der Waals surface area contributed by atoms with E-state index >= 15 is 0 Å². The first-order chi connectivity index (χ1) is 10.0. The second-order valence-electron chi connectivity index (χ2n) is 7.32. The van der Waals surface area contributed by atoms with Gasteiger partial charge in [-0.15, -0.1) is 11.3 Å². The van der Waals surface area contributed by atoms with Crippen LogP contribution in [0.5, 0.6) is 0 Å². The van der Waals surface area contributed by atoms with Crippen LogP contribution in [0.3, 0.4) is 0 Å². The highest BCUT2D eigenvalue weighted by molar-refractivity contribution is 7.09. The zero-order valence-electron chi connectivity index (χ0n) is 14.2. The fraction of sp³-hybridized carbons (Fsp3) is 0.778. The summed E-state index contributed by atoms with van der Waals surface area (Å²) in [7, 11) is 0. The quantitative estimate of drug-likeness (QED) is 0.760. The van der Waals surface area contributed by atoms with E-state index in [4.69, 9.17) is 0 Å². The van der Waals surface area contributed by atoms with Gasteiger partial charge in [0.1, 0.15) is 0 Å². The number of hydrogen-bond donors (Lipinski definition) is 1. The van der Waals surface area contributed by atoms with Crippen LogP contribution in [0.15, 0.2) is 17.5 Å². The number of nitrogens with zero attached hydrogens (tertiary/aromatic N) is 1. The maximum absolute atomic E-state index is 3.71. The van der Waals surface area contributed by atoms with Crippen LogP contribution in [0, 0.1) is 5.41 Å². The first-order valence-electron chi connectivity index (χ1n) is 8.51. The van der Waals surface area contributed by atoms with Crippen molar-refractivity contribution in [1.29, 1.82) is 0 Å². The Kier molecular flexibility index (Phi) is 6.27. The summed E-state index contributed by atoms with van der Waals surface area (Å²) in [5, 5.41) is 5.90. The number of thiophene rings is 1. The summed E-state index contributed by atoms with van der Waals surface area (Å²) in [6, 6.07) is 5.65. The molecule has 0 aromatic carbocycles. The summed E-state index contributed by atoms with van der Waals surface area (Å²) >= 11 is 1.89. The van der Waals surface area contributed by atoms with Crippen molar-refractivity contribution in [3.05, 3.63) is 22.4 Å². The van der Waals surface area contributed by atoms with Crippen LogP contribution >= 0.6 is 11.3 Å². The Balaban J connectivity index is 2.01. The molecule has 0 saturated heterocycles. The van der Waals surface area contributed by atoms with Gasteiger partial charge in [0.05, 0.1) is 0 Å². The van der Waals surface area contributed by atoms with Gasteiger partial charge in [-0.3, -0.25) is 4.90 Å². The number of hydrogen-bond acceptors (Lipinski definition) is 3. The monoisotopic (exact) mass is 308 g/mol. The third-order valence-corrected chi connectivity index (χ3v) is 5.62. The van der Waals surface area contributed by atoms with Crippen molar-refractivity contribution in [1.82, 2.24) is 10.2 Å². The molecule has 2 rings (SSSR count). The van der Waals surface area contributed by atoms with Gasteiger partial charge in [-0.25, -0.2) is 0 Å². The molecule has 0 aliphatic heterocycles. The SMILES string of the molecule is CC(C)NCC1(CN(Cc2cccs2)C(C)C)CCCC1. The van der Waals surface area contributed by atoms with Crippen LogP contribution < -0.4 is 5.32 Å². The van der Waals surface area contributed by atoms with Gasteiger partial charge in [-0.2, -0.15) is 0 Å². The highest BCUT2D eigenvalue weighted by atomic mass is 32.1. The Hall–Kier alpha value is -0.380. The van der Waals surface area contributed by atoms with Crippen molar-refractivity contribution in [2.75, 3.05) is 13.1 Å². The van der Waals surface area contributed by atoms with E-state index in [2.05, 4.69) is 55.4 Å². The van der Waals surface area contributed by atoms with E-state index in [1.54, 1.807) is 0 Å². The molecule has 0 spiro atoms. The summed E-state index contributed by atoms with van der Waals surface area (Å²) < 4.78 is 0. The van der Waals surface area contributed by atoms with Gasteiger partial charge in [-0.05, 0) is 43.6 Å². The molecule has 3 heteroatoms. The van der Waals surface area contributed by atoms with Gasteiger partial charge in [0, 0.05) is 36.6 Å². The van der Waals surface area contributed by atoms with Gasteiger partial charge in [-0.1, -0.05) is 32.8 Å². The Labute approximate surface area is 134 Å². The molecule has 1 aromatic rings. The standard InChI is InChI=1S/C18H32N2S/c1-15(2)19-13-18(9-5-6-10-18)14-20(16(3)4)12-17-8-7-11-21-17/h7-8,11,15-16,19H,5-6,9-10,12-14H2,1-4H3. The topological polar surface area (TPSA) is 15.3 Å². The third-order valence-electron chi connectivity index (χ3n) is 4.76. The van der Waals surface area contributed by atoms with E-state index in [1.807, 2.05) is 11.3 Å². The van der Waals surface area contributed by atoms with Gasteiger partial charge in [0.15, 0.2) is 0 Å². The lowest BCUT2D eigenvalue weighted by molar-refractivity contribution is 0.114. The van der Waals surface area contributed by atoms with Crippen molar-refractivity contribution in [3.63, 3.8) is 0 Å². The fourth-order valence-corrected chi connectivity index (χ4v) is 4.12. The minimum Gasteiger partial charge on any atom is -0.314 e. The third kappa shape index (κ3) is 5.08. The molecular weight excluding hydrogens is 276 g/mol. The maximum Gasteiger partial charge on any atom is 0.0330 e. The molecule has 1 saturated carbocycles. The molecule has 1 aliphatic rings. The predicted molar refractivity (Wildman–Crippen MR) is 93.9 cm³/mol. The van der Waals surface area contributed by atoms with Crippen LogP contribution in [0.2, 0.25) is 0 Å². The summed E-state index contributed by atoms with van der Waals surface area (Å²) in [5.41, 5.74) is 0.492. The maximum atomic E-state index is 3.71. The normalized spacial score (nSPS) is 18.2. The van der Waals surface area contributed by atoms with Gasteiger partial charge < -0.3 is 5.32 Å². The summed E-state index contributed by atoms with van der Waals surface area (Å²) in [6.45, 7) is 12.7. The zero-order chi connectivity index (χ0) is 15.3. The van der Waals surface area contributed by atoms with Crippen molar-refractivity contribution in [3.8, 4) is 0 Å². The second kappa shape index (κ2) is 7.75. The highest BCUT2D eigenvalue weighted by Crippen LogP contribution is 2.39. The minimum atomic E-state index is 0.492. The van der Waals surface area contributed by atoms with E-state index in [-0.39, 0.29) is 0 Å². The molecule has 1 heterocycles. The minimum absolute atomic E-state index is 0.492. The van der Waals surface area contributed by atoms with Crippen LogP contribution in [0.1, 0.15) is 58.3 Å². The molecule has 0 bridgehead atoms. The lowest BCUT2D eigenvalue weighted by Gasteiger charge is -2.38. The molecular formula is C18H32N2S. The van der Waals surface area contributed by atoms with Gasteiger partial charge >= 0.3 is 0 Å². The largest absolute Gasteiger partial charge is 0.314 e. The number of rotatable bonds is 8. The van der Waals surface area contributed by atoms with Crippen LogP contribution in [0.25, 0.3) is 0 Å². The Morgan fingerprint density at radius 1 is 1.24 bits per heavy atom. The average molecular weight is 309 g/mol. The summed E-state index contributed by atoms with van der Waals surface area (Å²) in [4.78, 5) is 4.17. The van der Waals surface area contributed by atoms with E-state index in [9.17, 15) is 0 Å². The summed E-state index contributed by atoms with van der Waals surface area (Å²) in [6.07, 6.45) is 5.59. The Bertz CT molecular complexity index is 391. The molecule has 0 atom stereocenters. The zero-order valence-corrected chi connectivity index (χ0v) is 15.0. The van der Waals surface area contributed by atoms with Gasteiger partial charge in [0.25, 0.3) is 0 Å². The lowest BCUT2D eigenvalue weighted by Crippen LogP contribution is -2.46. The molecule has 1 fully saturated rings. The molecule has 2 nitrogen and oxygen atoms in total. The molecule has 21 heavy (non-hydrogen) atoms. The van der Waals surface area contributed by atoms with Crippen molar-refractivity contribution < 1.29 is 0 Å². The smallest absolute Gasteiger partial charge is 0.0330 e. The second-order valence-corrected chi connectivity index (χ2v) is 8.35. The van der Waals surface area contributed by atoms with Gasteiger partial charge in [0.2, 0.25) is 0 Å². The first-order valence-corrected chi connectivity index (χ1v) is 9.38. The van der Waals surface area contributed by atoms with Crippen LogP contribution in [-0.4, -0.2) is 30.1 Å². The molecule has 1 aliphatic carbocycles. The summed E-state index contributed by atoms with van der Waals surface area (Å²) in [5.74, 6) is 0. The van der Waals surface area contributed by atoms with Crippen LogP contribution in [-0.2, 0) is 6.54 Å². The molecule has 1 N–H and O–H groups in total. The lowest BCUT2D eigenvalue weighted by atomic mass is 9.84. The van der Waals surface area contributed by atoms with E-state index in [1.165, 1.54) is 43.6 Å². The Morgan fingerprint density at radius 2 is 1.95 bits per heavy atom. The molecule has 1 aromatic heterocycles. The molecule has 120 valence electrons. The van der Waals surface area contributed by atoms with Crippen LogP contribution in [0.4, 0.5) is 0 Å². The van der Waals surface area contributed by atoms with Crippen molar-refractivity contribution >= 4 is 11.3 Å². The average Bonchev–Trinajstić information content (AvgIpc) is 3.08. The fourth-order valence-electron chi connectivity index (χ4n) is 3.39. The highest BCUT2D eigenvalue weighted by Gasteiger charge is 2.36. The number of nitrogens with one attached hydrogen (secondary N) is 1. The molecule has 0 radical (unpaired) electrons. The predicted octanol–water partition coefficient (Wildman–Crippen LogP) is 4.52. The van der Waals surface area contributed by atoms with E-state index in [0.29, 0.717) is 17.5 Å². The molecule has 0 amide bonds.